The molecule has 1 fully saturated rings. The number of amides is 1. The number of hydrogen-bond acceptors (Lipinski definition) is 2. The molecule has 1 aromatic carbocycles. The van der Waals surface area contributed by atoms with Crippen LogP contribution >= 0.6 is 11.3 Å². The number of benzene rings is 1. The molecule has 1 aliphatic rings. The zero-order valence-electron chi connectivity index (χ0n) is 13.3. The lowest BCUT2D eigenvalue weighted by Gasteiger charge is -2.28. The van der Waals surface area contributed by atoms with E-state index in [9.17, 15) is 4.79 Å². The summed E-state index contributed by atoms with van der Waals surface area (Å²) in [6.45, 7) is 4.82. The molecule has 1 saturated carbocycles. The molecule has 1 amide bonds. The van der Waals surface area contributed by atoms with Gasteiger partial charge in [0.2, 0.25) is 0 Å². The Morgan fingerprint density at radius 2 is 1.86 bits per heavy atom. The molecule has 0 unspecified atom stereocenters. The fourth-order valence-electron chi connectivity index (χ4n) is 3.60. The topological polar surface area (TPSA) is 29.1 Å². The number of nitrogens with one attached hydrogen (secondary N) is 1. The van der Waals surface area contributed by atoms with E-state index in [-0.39, 0.29) is 11.3 Å². The summed E-state index contributed by atoms with van der Waals surface area (Å²) in [5, 5.41) is 5.33. The van der Waals surface area contributed by atoms with Crippen LogP contribution in [0.25, 0.3) is 0 Å². The standard InChI is InChI=1S/C19H23NOS/c1-14-10-15(2)12-16(11-14)18(21)20-13-19(7-3-4-8-19)17-6-5-9-22-17/h5-6,9-12H,3-4,7-8,13H2,1-2H3,(H,20,21). The van der Waals surface area contributed by atoms with Gasteiger partial charge in [0.05, 0.1) is 0 Å². The molecule has 3 rings (SSSR count). The number of carbonyl (C=O) groups is 1. The molecule has 1 heterocycles. The molecular formula is C19H23NOS. The maximum atomic E-state index is 12.5. The molecule has 22 heavy (non-hydrogen) atoms. The van der Waals surface area contributed by atoms with Gasteiger partial charge in [-0.2, -0.15) is 0 Å². The maximum absolute atomic E-state index is 12.5. The van der Waals surface area contributed by atoms with Gasteiger partial charge in [-0.1, -0.05) is 36.1 Å². The summed E-state index contributed by atoms with van der Waals surface area (Å²) < 4.78 is 0. The Morgan fingerprint density at radius 1 is 1.18 bits per heavy atom. The molecular weight excluding hydrogens is 290 g/mol. The van der Waals surface area contributed by atoms with Gasteiger partial charge in [-0.25, -0.2) is 0 Å². The van der Waals surface area contributed by atoms with Crippen molar-refractivity contribution in [2.45, 2.75) is 44.9 Å². The smallest absolute Gasteiger partial charge is 0.251 e. The third kappa shape index (κ3) is 3.09. The van der Waals surface area contributed by atoms with Crippen LogP contribution in [0.4, 0.5) is 0 Å². The molecule has 1 aliphatic carbocycles. The first-order chi connectivity index (χ1) is 10.6. The van der Waals surface area contributed by atoms with Gasteiger partial charge >= 0.3 is 0 Å². The van der Waals surface area contributed by atoms with Gasteiger partial charge in [-0.15, -0.1) is 11.3 Å². The fourth-order valence-corrected chi connectivity index (χ4v) is 4.59. The van der Waals surface area contributed by atoms with Crippen LogP contribution in [0.15, 0.2) is 35.7 Å². The maximum Gasteiger partial charge on any atom is 0.251 e. The quantitative estimate of drug-likeness (QED) is 0.877. The second-order valence-electron chi connectivity index (χ2n) is 6.52. The molecule has 3 heteroatoms. The van der Waals surface area contributed by atoms with E-state index in [1.165, 1.54) is 30.6 Å². The van der Waals surface area contributed by atoms with Gasteiger partial charge in [0.1, 0.15) is 0 Å². The monoisotopic (exact) mass is 313 g/mol. The van der Waals surface area contributed by atoms with Crippen LogP contribution in [0.1, 0.15) is 52.0 Å². The number of thiophene rings is 1. The van der Waals surface area contributed by atoms with E-state index < -0.39 is 0 Å². The lowest BCUT2D eigenvalue weighted by Crippen LogP contribution is -2.38. The third-order valence-corrected chi connectivity index (χ3v) is 5.79. The highest BCUT2D eigenvalue weighted by Crippen LogP contribution is 2.42. The summed E-state index contributed by atoms with van der Waals surface area (Å²) in [6, 6.07) is 10.4. The normalized spacial score (nSPS) is 16.6. The van der Waals surface area contributed by atoms with Gasteiger partial charge in [0, 0.05) is 22.4 Å². The molecule has 1 aromatic heterocycles. The van der Waals surface area contributed by atoms with E-state index in [1.807, 2.05) is 37.3 Å². The Morgan fingerprint density at radius 3 is 2.45 bits per heavy atom. The Hall–Kier alpha value is -1.61. The molecule has 0 bridgehead atoms. The number of rotatable bonds is 4. The second-order valence-corrected chi connectivity index (χ2v) is 7.47. The van der Waals surface area contributed by atoms with Crippen molar-refractivity contribution in [2.24, 2.45) is 0 Å². The molecule has 2 nitrogen and oxygen atoms in total. The highest BCUT2D eigenvalue weighted by molar-refractivity contribution is 7.10. The van der Waals surface area contributed by atoms with E-state index in [4.69, 9.17) is 0 Å². The van der Waals surface area contributed by atoms with Crippen molar-refractivity contribution in [3.8, 4) is 0 Å². The first kappa shape index (κ1) is 15.3. The minimum atomic E-state index is 0.0506. The average Bonchev–Trinajstić information content (AvgIpc) is 3.15. The van der Waals surface area contributed by atoms with E-state index in [0.29, 0.717) is 0 Å². The number of aryl methyl sites for hydroxylation is 2. The minimum absolute atomic E-state index is 0.0506. The Balaban J connectivity index is 1.74. The fraction of sp³-hybridized carbons (Fsp3) is 0.421. The van der Waals surface area contributed by atoms with E-state index in [1.54, 1.807) is 0 Å². The van der Waals surface area contributed by atoms with Crippen molar-refractivity contribution in [2.75, 3.05) is 6.54 Å². The van der Waals surface area contributed by atoms with Crippen LogP contribution in [0, 0.1) is 13.8 Å². The minimum Gasteiger partial charge on any atom is -0.351 e. The van der Waals surface area contributed by atoms with Gasteiger partial charge in [0.15, 0.2) is 0 Å². The summed E-state index contributed by atoms with van der Waals surface area (Å²) in [6.07, 6.45) is 4.88. The van der Waals surface area contributed by atoms with Crippen molar-refractivity contribution in [3.63, 3.8) is 0 Å². The number of carbonyl (C=O) groups excluding carboxylic acids is 1. The van der Waals surface area contributed by atoms with Crippen molar-refractivity contribution >= 4 is 17.2 Å². The molecule has 1 N–H and O–H groups in total. The third-order valence-electron chi connectivity index (χ3n) is 4.68. The van der Waals surface area contributed by atoms with Gasteiger partial charge in [-0.3, -0.25) is 4.79 Å². The van der Waals surface area contributed by atoms with Gasteiger partial charge in [0.25, 0.3) is 5.91 Å². The molecule has 116 valence electrons. The molecule has 0 saturated heterocycles. The Bertz CT molecular complexity index is 634. The van der Waals surface area contributed by atoms with Crippen molar-refractivity contribution in [3.05, 3.63) is 57.3 Å². The zero-order chi connectivity index (χ0) is 15.6. The summed E-state index contributed by atoms with van der Waals surface area (Å²) in [5.74, 6) is 0.0506. The SMILES string of the molecule is Cc1cc(C)cc(C(=O)NCC2(c3cccs3)CCCC2)c1. The summed E-state index contributed by atoms with van der Waals surface area (Å²) >= 11 is 1.82. The van der Waals surface area contributed by atoms with Crippen molar-refractivity contribution in [1.29, 1.82) is 0 Å². The van der Waals surface area contributed by atoms with Crippen LogP contribution in [-0.4, -0.2) is 12.5 Å². The number of hydrogen-bond donors (Lipinski definition) is 1. The summed E-state index contributed by atoms with van der Waals surface area (Å²) in [5.41, 5.74) is 3.21. The van der Waals surface area contributed by atoms with E-state index >= 15 is 0 Å². The summed E-state index contributed by atoms with van der Waals surface area (Å²) in [7, 11) is 0. The van der Waals surface area contributed by atoms with Gasteiger partial charge in [-0.05, 0) is 50.3 Å². The lowest BCUT2D eigenvalue weighted by atomic mass is 9.84. The van der Waals surface area contributed by atoms with E-state index in [0.717, 1.165) is 23.2 Å². The molecule has 0 atom stereocenters. The van der Waals surface area contributed by atoms with Crippen LogP contribution in [0.2, 0.25) is 0 Å². The van der Waals surface area contributed by atoms with E-state index in [2.05, 4.69) is 28.9 Å². The zero-order valence-corrected chi connectivity index (χ0v) is 14.1. The van der Waals surface area contributed by atoms with Gasteiger partial charge < -0.3 is 5.32 Å². The van der Waals surface area contributed by atoms with Crippen molar-refractivity contribution in [1.82, 2.24) is 5.32 Å². The average molecular weight is 313 g/mol. The highest BCUT2D eigenvalue weighted by atomic mass is 32.1. The largest absolute Gasteiger partial charge is 0.351 e. The predicted molar refractivity (Wildman–Crippen MR) is 92.7 cm³/mol. The molecule has 0 spiro atoms. The molecule has 0 aliphatic heterocycles. The second kappa shape index (κ2) is 6.25. The Labute approximate surface area is 136 Å². The first-order valence-electron chi connectivity index (χ1n) is 8.00. The van der Waals surface area contributed by atoms with Crippen LogP contribution in [0.3, 0.4) is 0 Å². The van der Waals surface area contributed by atoms with Crippen LogP contribution in [0.5, 0.6) is 0 Å². The lowest BCUT2D eigenvalue weighted by molar-refractivity contribution is 0.0943. The van der Waals surface area contributed by atoms with Crippen molar-refractivity contribution < 1.29 is 4.79 Å². The van der Waals surface area contributed by atoms with Crippen LogP contribution in [-0.2, 0) is 5.41 Å². The predicted octanol–water partition coefficient (Wildman–Crippen LogP) is 4.61. The molecule has 0 radical (unpaired) electrons. The molecule has 2 aromatic rings. The first-order valence-corrected chi connectivity index (χ1v) is 8.88. The Kier molecular flexibility index (Phi) is 4.34. The summed E-state index contributed by atoms with van der Waals surface area (Å²) in [4.78, 5) is 13.9. The van der Waals surface area contributed by atoms with Crippen LogP contribution < -0.4 is 5.32 Å². The highest BCUT2D eigenvalue weighted by Gasteiger charge is 2.36.